The topological polar surface area (TPSA) is 83.8 Å². The normalized spacial score (nSPS) is 8.80. The van der Waals surface area contributed by atoms with Crippen LogP contribution in [0.25, 0.3) is 0 Å². The van der Waals surface area contributed by atoms with Crippen LogP contribution in [0.4, 0.5) is 9.59 Å². The first kappa shape index (κ1) is 9.44. The predicted molar refractivity (Wildman–Crippen MR) is 37.2 cm³/mol. The minimum absolute atomic E-state index is 0.0572. The van der Waals surface area contributed by atoms with Crippen molar-refractivity contribution in [3.8, 4) is 0 Å². The molecule has 0 heterocycles. The first-order chi connectivity index (χ1) is 4.63. The summed E-state index contributed by atoms with van der Waals surface area (Å²) in [4.78, 5) is 19.4. The van der Waals surface area contributed by atoms with Gasteiger partial charge in [-0.3, -0.25) is 0 Å². The summed E-state index contributed by atoms with van der Waals surface area (Å²) in [5, 5.41) is 14.9. The summed E-state index contributed by atoms with van der Waals surface area (Å²) in [6.07, 6.45) is -1.42. The SMILES string of the molecule is O=C(O)OSCSC(=O)O. The van der Waals surface area contributed by atoms with E-state index in [1.54, 1.807) is 0 Å². The molecule has 0 atom stereocenters. The molecule has 58 valence electrons. The Labute approximate surface area is 64.9 Å². The van der Waals surface area contributed by atoms with Crippen molar-refractivity contribution in [2.75, 3.05) is 5.08 Å². The molecule has 0 aliphatic heterocycles. The van der Waals surface area contributed by atoms with Gasteiger partial charge in [-0.25, -0.2) is 9.59 Å². The average Bonchev–Trinajstić information content (AvgIpc) is 1.79. The molecule has 0 radical (unpaired) electrons. The van der Waals surface area contributed by atoms with Gasteiger partial charge in [0.15, 0.2) is 0 Å². The van der Waals surface area contributed by atoms with E-state index in [-0.39, 0.29) is 5.08 Å². The molecule has 10 heavy (non-hydrogen) atoms. The van der Waals surface area contributed by atoms with Gasteiger partial charge in [0.05, 0.1) is 17.1 Å². The summed E-state index contributed by atoms with van der Waals surface area (Å²) < 4.78 is 3.94. The molecule has 0 unspecified atom stereocenters. The molecule has 0 saturated heterocycles. The Hall–Kier alpha value is -0.560. The summed E-state index contributed by atoms with van der Waals surface area (Å²) in [5.74, 6) is 0. The molecule has 0 saturated carbocycles. The minimum atomic E-state index is -1.42. The van der Waals surface area contributed by atoms with Crippen molar-refractivity contribution in [2.45, 2.75) is 0 Å². The fourth-order valence-corrected chi connectivity index (χ4v) is 1.04. The number of rotatable bonds is 3. The third-order valence-corrected chi connectivity index (χ3v) is 1.72. The van der Waals surface area contributed by atoms with E-state index < -0.39 is 11.5 Å². The smallest absolute Gasteiger partial charge is 0.473 e. The first-order valence-corrected chi connectivity index (χ1v) is 3.90. The number of carboxylic acid groups (broad SMARTS) is 2. The number of thioether (sulfide) groups is 1. The van der Waals surface area contributed by atoms with Crippen LogP contribution in [0.1, 0.15) is 0 Å². The maximum atomic E-state index is 9.79. The molecule has 7 heteroatoms. The third-order valence-electron chi connectivity index (χ3n) is 0.361. The number of hydrogen-bond donors (Lipinski definition) is 2. The van der Waals surface area contributed by atoms with Gasteiger partial charge < -0.3 is 14.4 Å². The maximum Gasteiger partial charge on any atom is 0.518 e. The van der Waals surface area contributed by atoms with Crippen LogP contribution in [0.3, 0.4) is 0 Å². The molecule has 5 nitrogen and oxygen atoms in total. The summed E-state index contributed by atoms with van der Waals surface area (Å²) >= 11 is 1.14. The average molecular weight is 184 g/mol. The van der Waals surface area contributed by atoms with Gasteiger partial charge in [-0.05, 0) is 11.8 Å². The van der Waals surface area contributed by atoms with Crippen molar-refractivity contribution < 1.29 is 24.0 Å². The van der Waals surface area contributed by atoms with E-state index in [0.717, 1.165) is 0 Å². The van der Waals surface area contributed by atoms with E-state index in [9.17, 15) is 9.59 Å². The van der Waals surface area contributed by atoms with E-state index in [2.05, 4.69) is 4.18 Å². The van der Waals surface area contributed by atoms with E-state index >= 15 is 0 Å². The van der Waals surface area contributed by atoms with Gasteiger partial charge >= 0.3 is 11.5 Å². The van der Waals surface area contributed by atoms with Gasteiger partial charge in [-0.1, -0.05) is 0 Å². The zero-order valence-electron chi connectivity index (χ0n) is 4.64. The number of carbonyl (C=O) groups is 2. The molecule has 0 fully saturated rings. The Morgan fingerprint density at radius 2 is 2.00 bits per heavy atom. The molecular weight excluding hydrogens is 180 g/mol. The lowest BCUT2D eigenvalue weighted by Gasteiger charge is -1.93. The summed E-state index contributed by atoms with van der Waals surface area (Å²) in [6.45, 7) is 0. The first-order valence-electron chi connectivity index (χ1n) is 2.01. The fraction of sp³-hybridized carbons (Fsp3) is 0.333. The molecule has 2 N–H and O–H groups in total. The van der Waals surface area contributed by atoms with Crippen molar-refractivity contribution in [2.24, 2.45) is 0 Å². The Morgan fingerprint density at radius 3 is 2.40 bits per heavy atom. The Bertz CT molecular complexity index is 119. The van der Waals surface area contributed by atoms with Gasteiger partial charge in [0.25, 0.3) is 0 Å². The molecule has 0 spiro atoms. The van der Waals surface area contributed by atoms with Gasteiger partial charge in [0, 0.05) is 0 Å². The molecule has 0 aliphatic rings. The Morgan fingerprint density at radius 1 is 1.40 bits per heavy atom. The highest BCUT2D eigenvalue weighted by Gasteiger charge is 2.00. The van der Waals surface area contributed by atoms with E-state index in [0.29, 0.717) is 23.8 Å². The monoisotopic (exact) mass is 184 g/mol. The van der Waals surface area contributed by atoms with Crippen molar-refractivity contribution in [1.29, 1.82) is 0 Å². The van der Waals surface area contributed by atoms with Gasteiger partial charge in [-0.15, -0.1) is 0 Å². The lowest BCUT2D eigenvalue weighted by molar-refractivity contribution is 0.153. The molecule has 0 aromatic heterocycles. The van der Waals surface area contributed by atoms with Crippen molar-refractivity contribution in [3.05, 3.63) is 0 Å². The second-order valence-electron chi connectivity index (χ2n) is 0.995. The lowest BCUT2D eigenvalue weighted by atomic mass is 11.5. The fourth-order valence-electron chi connectivity index (χ4n) is 0.149. The van der Waals surface area contributed by atoms with Crippen LogP contribution in [0.5, 0.6) is 0 Å². The highest BCUT2D eigenvalue weighted by molar-refractivity contribution is 8.22. The van der Waals surface area contributed by atoms with Crippen molar-refractivity contribution >= 4 is 35.3 Å². The van der Waals surface area contributed by atoms with E-state index in [1.807, 2.05) is 0 Å². The largest absolute Gasteiger partial charge is 0.518 e. The van der Waals surface area contributed by atoms with E-state index in [4.69, 9.17) is 10.2 Å². The summed E-state index contributed by atoms with van der Waals surface area (Å²) in [7, 11) is 0. The highest BCUT2D eigenvalue weighted by Crippen LogP contribution is 2.13. The van der Waals surface area contributed by atoms with Gasteiger partial charge in [0.2, 0.25) is 0 Å². The summed E-state index contributed by atoms with van der Waals surface area (Å²) in [6, 6.07) is 0. The molecule has 0 aromatic carbocycles. The third kappa shape index (κ3) is 7.44. The molecule has 0 amide bonds. The second-order valence-corrected chi connectivity index (χ2v) is 2.98. The Kier molecular flexibility index (Phi) is 4.95. The van der Waals surface area contributed by atoms with Crippen molar-refractivity contribution in [3.63, 3.8) is 0 Å². The van der Waals surface area contributed by atoms with E-state index in [1.165, 1.54) is 0 Å². The van der Waals surface area contributed by atoms with Crippen LogP contribution < -0.4 is 0 Å². The van der Waals surface area contributed by atoms with Crippen LogP contribution >= 0.6 is 23.8 Å². The second kappa shape index (κ2) is 5.24. The molecule has 0 rings (SSSR count). The summed E-state index contributed by atoms with van der Waals surface area (Å²) in [5.41, 5.74) is 0. The van der Waals surface area contributed by atoms with Crippen LogP contribution in [-0.4, -0.2) is 26.8 Å². The van der Waals surface area contributed by atoms with Crippen LogP contribution in [-0.2, 0) is 4.18 Å². The van der Waals surface area contributed by atoms with Crippen LogP contribution in [0.15, 0.2) is 0 Å². The maximum absolute atomic E-state index is 9.79. The van der Waals surface area contributed by atoms with Gasteiger partial charge in [0.1, 0.15) is 0 Å². The number of hydrogen-bond acceptors (Lipinski definition) is 5. The van der Waals surface area contributed by atoms with Gasteiger partial charge in [-0.2, -0.15) is 0 Å². The minimum Gasteiger partial charge on any atom is -0.473 e. The Balaban J connectivity index is 3.06. The van der Waals surface area contributed by atoms with Crippen LogP contribution in [0, 0.1) is 0 Å². The quantitative estimate of drug-likeness (QED) is 0.392. The lowest BCUT2D eigenvalue weighted by Crippen LogP contribution is -1.92. The molecular formula is C3H4O5S2. The zero-order valence-corrected chi connectivity index (χ0v) is 6.28. The highest BCUT2D eigenvalue weighted by atomic mass is 32.2. The van der Waals surface area contributed by atoms with Crippen molar-refractivity contribution in [1.82, 2.24) is 0 Å². The van der Waals surface area contributed by atoms with Crippen LogP contribution in [0.2, 0.25) is 0 Å². The molecule has 0 aliphatic carbocycles. The molecule has 0 aromatic rings. The standard InChI is InChI=1S/C3H4O5S2/c4-2(5)8-10-1-9-3(6)7/h1H2,(H,4,5)(H,6,7). The zero-order chi connectivity index (χ0) is 7.98. The molecule has 0 bridgehead atoms. The predicted octanol–water partition coefficient (Wildman–Crippen LogP) is 1.70.